The fourth-order valence-corrected chi connectivity index (χ4v) is 16.1. The van der Waals surface area contributed by atoms with Crippen LogP contribution >= 0.6 is 68.0 Å². The van der Waals surface area contributed by atoms with Crippen LogP contribution in [-0.4, -0.2) is 155 Å². The summed E-state index contributed by atoms with van der Waals surface area (Å²) in [5.74, 6) is -4.86. The number of carbonyl (C=O) groups is 7. The van der Waals surface area contributed by atoms with Crippen LogP contribution in [-0.2, 0) is 25.5 Å². The molecule has 12 rings (SSSR count). The zero-order valence-electron chi connectivity index (χ0n) is 48.8. The molecular formula is C60H57N15O11S6. The van der Waals surface area contributed by atoms with Gasteiger partial charge in [-0.05, 0) is 42.3 Å². The number of aryl methyl sites for hydroxylation is 1. The number of alkyl carbamates (subject to hydrolysis) is 1. The molecule has 2 fully saturated rings. The number of hydrogen-bond acceptors (Lipinski definition) is 25. The highest BCUT2D eigenvalue weighted by atomic mass is 32.1. The number of nitrogens with zero attached hydrogens (tertiary/aromatic N) is 9. The van der Waals surface area contributed by atoms with E-state index < -0.39 is 90.3 Å². The number of phenols is 1. The number of amides is 7. The van der Waals surface area contributed by atoms with Gasteiger partial charge in [0.05, 0.1) is 44.0 Å². The van der Waals surface area contributed by atoms with Crippen molar-refractivity contribution in [3.05, 3.63) is 147 Å². The Morgan fingerprint density at radius 2 is 1.37 bits per heavy atom. The van der Waals surface area contributed by atoms with Crippen molar-refractivity contribution in [1.29, 1.82) is 0 Å². The van der Waals surface area contributed by atoms with Crippen molar-refractivity contribution in [3.63, 3.8) is 0 Å². The first kappa shape index (κ1) is 63.3. The van der Waals surface area contributed by atoms with E-state index in [1.807, 2.05) is 6.92 Å². The second-order valence-electron chi connectivity index (χ2n) is 21.7. The topological polar surface area (TPSA) is 375 Å². The fourth-order valence-electron chi connectivity index (χ4n) is 10.8. The van der Waals surface area contributed by atoms with Crippen LogP contribution < -0.4 is 32.7 Å². The van der Waals surface area contributed by atoms with Crippen LogP contribution in [0.2, 0.25) is 0 Å². The molecule has 26 nitrogen and oxygen atoms in total. The van der Waals surface area contributed by atoms with Crippen molar-refractivity contribution in [2.75, 3.05) is 45.9 Å². The van der Waals surface area contributed by atoms with E-state index in [-0.39, 0.29) is 51.5 Å². The number of nitrogens with one attached hydrogen (secondary N) is 4. The fraction of sp³-hybridized carbons (Fsp3) is 0.300. The molecule has 474 valence electrons. The van der Waals surface area contributed by atoms with Crippen molar-refractivity contribution in [2.24, 2.45) is 17.4 Å². The van der Waals surface area contributed by atoms with Gasteiger partial charge in [-0.1, -0.05) is 49.4 Å². The molecule has 7 amide bonds. The SMILES string of the molecule is Cc1sc2nc1C(=O)N[C@@H]([C@H](O)c1ccccc1)c1nc(cs1)C(=O)N[C@@H](Cc1ccc(O)cc1)C(=O)N1C[C@H](OC(=O)NCCN3CCOCC3)[C@H](C)[C@@H]1c1nc(cs1)-c1nc(cs1)-c1nc(-c3nc(C(N)=O)cs3)ccc1-c1nc(cs1)C(=O)N[C@H]2CC(N)=O. The summed E-state index contributed by atoms with van der Waals surface area (Å²) in [5, 5.41) is 43.9. The number of rotatable bonds is 12. The van der Waals surface area contributed by atoms with Crippen LogP contribution in [0.1, 0.15) is 111 Å². The molecule has 7 aromatic heterocycles. The first-order valence-corrected chi connectivity index (χ1v) is 34.0. The Hall–Kier alpha value is -8.86. The van der Waals surface area contributed by atoms with Gasteiger partial charge in [0, 0.05) is 75.9 Å². The monoisotopic (exact) mass is 1360 g/mol. The molecule has 0 saturated carbocycles. The highest BCUT2D eigenvalue weighted by Gasteiger charge is 2.48. The van der Waals surface area contributed by atoms with E-state index in [1.54, 1.807) is 77.2 Å². The summed E-state index contributed by atoms with van der Waals surface area (Å²) < 4.78 is 11.6. The highest BCUT2D eigenvalue weighted by Crippen LogP contribution is 2.44. The maximum absolute atomic E-state index is 15.7. The number of benzene rings is 2. The maximum Gasteiger partial charge on any atom is 0.407 e. The lowest BCUT2D eigenvalue weighted by atomic mass is 10.00. The number of morpholine rings is 1. The number of ether oxygens (including phenoxy) is 2. The molecule has 0 unspecified atom stereocenters. The molecule has 92 heavy (non-hydrogen) atoms. The second-order valence-corrected chi connectivity index (χ2v) is 27.3. The van der Waals surface area contributed by atoms with Crippen LogP contribution in [0.3, 0.4) is 0 Å². The largest absolute Gasteiger partial charge is 0.508 e. The van der Waals surface area contributed by atoms with E-state index >= 15 is 4.79 Å². The molecule has 0 radical (unpaired) electrons. The first-order valence-electron chi connectivity index (χ1n) is 28.7. The number of aliphatic hydroxyl groups is 1. The van der Waals surface area contributed by atoms with Gasteiger partial charge in [-0.3, -0.25) is 33.7 Å². The van der Waals surface area contributed by atoms with E-state index in [0.29, 0.717) is 90.7 Å². The molecule has 10 bridgehead atoms. The molecule has 10 heterocycles. The zero-order chi connectivity index (χ0) is 64.3. The van der Waals surface area contributed by atoms with E-state index in [9.17, 15) is 39.0 Å². The third-order valence-corrected chi connectivity index (χ3v) is 21.0. The summed E-state index contributed by atoms with van der Waals surface area (Å²) in [7, 11) is 0. The Bertz CT molecular complexity index is 4240. The summed E-state index contributed by atoms with van der Waals surface area (Å²) >= 11 is 6.83. The molecule has 3 aliphatic heterocycles. The number of hydrogen-bond donors (Lipinski definition) is 8. The van der Waals surface area contributed by atoms with Crippen LogP contribution in [0.15, 0.2) is 93.6 Å². The second kappa shape index (κ2) is 27.5. The van der Waals surface area contributed by atoms with E-state index in [1.165, 1.54) is 50.9 Å². The van der Waals surface area contributed by atoms with Crippen LogP contribution in [0.25, 0.3) is 43.4 Å². The molecule has 3 aliphatic rings. The summed E-state index contributed by atoms with van der Waals surface area (Å²) in [6.45, 7) is 6.87. The zero-order valence-corrected chi connectivity index (χ0v) is 53.7. The van der Waals surface area contributed by atoms with Gasteiger partial charge < -0.3 is 57.3 Å². The molecule has 32 heteroatoms. The van der Waals surface area contributed by atoms with Crippen molar-refractivity contribution in [2.45, 2.75) is 63.1 Å². The number of fused-ring (bicyclic) bond motifs is 16. The number of pyridine rings is 1. The lowest BCUT2D eigenvalue weighted by Crippen LogP contribution is -2.50. The van der Waals surface area contributed by atoms with Gasteiger partial charge in [0.15, 0.2) is 0 Å². The minimum Gasteiger partial charge on any atom is -0.508 e. The molecule has 0 aliphatic carbocycles. The van der Waals surface area contributed by atoms with Crippen molar-refractivity contribution >= 4 is 110 Å². The smallest absolute Gasteiger partial charge is 0.407 e. The van der Waals surface area contributed by atoms with Crippen LogP contribution in [0.5, 0.6) is 5.75 Å². The Balaban J connectivity index is 0.953. The quantitative estimate of drug-likeness (QED) is 0.0651. The summed E-state index contributed by atoms with van der Waals surface area (Å²) in [4.78, 5) is 136. The van der Waals surface area contributed by atoms with Crippen molar-refractivity contribution in [1.82, 2.24) is 66.0 Å². The molecule has 10 N–H and O–H groups in total. The number of primary amides is 2. The minimum absolute atomic E-state index is 0.0199. The molecule has 0 spiro atoms. The van der Waals surface area contributed by atoms with Gasteiger partial charge in [0.1, 0.15) is 99.9 Å². The van der Waals surface area contributed by atoms with Gasteiger partial charge in [-0.15, -0.1) is 68.0 Å². The number of nitrogens with two attached hydrogens (primary N) is 2. The molecular weight excluding hydrogens is 1300 g/mol. The number of carbonyl (C=O) groups excluding carboxylic acids is 7. The predicted octanol–water partition coefficient (Wildman–Crippen LogP) is 6.45. The highest BCUT2D eigenvalue weighted by molar-refractivity contribution is 7.15. The van der Waals surface area contributed by atoms with Gasteiger partial charge in [0.2, 0.25) is 11.8 Å². The Morgan fingerprint density at radius 3 is 2.12 bits per heavy atom. The number of aromatic hydroxyl groups is 1. The first-order chi connectivity index (χ1) is 44.4. The van der Waals surface area contributed by atoms with E-state index in [2.05, 4.69) is 41.1 Å². The van der Waals surface area contributed by atoms with Gasteiger partial charge in [-0.2, -0.15) is 0 Å². The minimum atomic E-state index is -1.43. The van der Waals surface area contributed by atoms with Crippen LogP contribution in [0.4, 0.5) is 4.79 Å². The summed E-state index contributed by atoms with van der Waals surface area (Å²) in [5.41, 5.74) is 14.1. The summed E-state index contributed by atoms with van der Waals surface area (Å²) in [6.07, 6.45) is -3.46. The van der Waals surface area contributed by atoms with E-state index in [4.69, 9.17) is 40.9 Å². The molecule has 7 atom stereocenters. The standard InChI is InChI=1S/C60H57N15O11S6/c1-28-42(86-60(84)63-14-15-74-16-18-85-19-17-74)22-75-47(28)58-71-41(27-91-58)55-67-37(23-88-55)45-33(12-13-34(64-45)54-68-38(24-89-54)49(62)79)53-69-39(25-87-53)50(80)65-35(21-43(61)77)56-73-44(29(2)92-56)52(82)72-46(48(78)31-6-4-3-5-7-31)57-70-40(26-90-57)51(81)66-36(59(75)83)20-30-8-10-32(76)11-9-30/h3-13,23-28,35-36,42,46-48,76,78H,14-22H2,1-2H3,(H2,61,77)(H2,62,79)(H,63,84)(H,65,80)(H,66,81)(H,72,82)/t28-,35-,36-,42-,46-,47+,48+/m0/s1. The van der Waals surface area contributed by atoms with Gasteiger partial charge >= 0.3 is 6.09 Å². The number of aliphatic hydroxyl groups excluding tert-OH is 1. The lowest BCUT2D eigenvalue weighted by molar-refractivity contribution is -0.134. The Kier molecular flexibility index (Phi) is 18.9. The third kappa shape index (κ3) is 14.0. The Morgan fingerprint density at radius 1 is 0.707 bits per heavy atom. The average Bonchev–Trinajstić information content (AvgIpc) is 1.64. The summed E-state index contributed by atoms with van der Waals surface area (Å²) in [6, 6.07) is 13.6. The van der Waals surface area contributed by atoms with Gasteiger partial charge in [-0.25, -0.2) is 39.7 Å². The van der Waals surface area contributed by atoms with Crippen molar-refractivity contribution in [3.8, 4) is 49.1 Å². The third-order valence-electron chi connectivity index (χ3n) is 15.5. The van der Waals surface area contributed by atoms with Crippen molar-refractivity contribution < 1.29 is 53.2 Å². The molecule has 2 saturated heterocycles. The average molecular weight is 1360 g/mol. The van der Waals surface area contributed by atoms with Crippen LogP contribution in [0, 0.1) is 12.8 Å². The predicted molar refractivity (Wildman–Crippen MR) is 344 cm³/mol. The van der Waals surface area contributed by atoms with Gasteiger partial charge in [0.25, 0.3) is 23.6 Å². The number of thiazole rings is 6. The van der Waals surface area contributed by atoms with E-state index in [0.717, 1.165) is 58.4 Å². The maximum atomic E-state index is 15.7. The number of phenolic OH excluding ortho intramolecular Hbond substituents is 1. The molecule has 2 aromatic carbocycles. The normalized spacial score (nSPS) is 20.1. The lowest BCUT2D eigenvalue weighted by Gasteiger charge is -2.29. The Labute approximate surface area is 548 Å². The molecule has 9 aromatic rings. The number of aromatic nitrogens is 7.